The van der Waals surface area contributed by atoms with Gasteiger partial charge < -0.3 is 10.6 Å². The van der Waals surface area contributed by atoms with Crippen molar-refractivity contribution in [1.29, 1.82) is 0 Å². The summed E-state index contributed by atoms with van der Waals surface area (Å²) in [7, 11) is -3.27. The zero-order chi connectivity index (χ0) is 17.3. The molecular weight excluding hydrogens is 314 g/mol. The average Bonchev–Trinajstić information content (AvgIpc) is 2.48. The molecule has 6 nitrogen and oxygen atoms in total. The molecule has 0 aromatic rings. The Hall–Kier alpha value is -0.820. The number of carbonyl (C=O) groups excluding carboxylic acids is 1. The highest BCUT2D eigenvalue weighted by Gasteiger charge is 2.19. The van der Waals surface area contributed by atoms with Crippen molar-refractivity contribution in [2.45, 2.75) is 52.9 Å². The van der Waals surface area contributed by atoms with E-state index < -0.39 is 10.0 Å². The third-order valence-electron chi connectivity index (χ3n) is 4.63. The van der Waals surface area contributed by atoms with Crippen LogP contribution in [0, 0.1) is 11.8 Å². The molecule has 2 unspecified atom stereocenters. The highest BCUT2D eigenvalue weighted by molar-refractivity contribution is 7.89. The number of amides is 2. The SMILES string of the molecule is CCN(CC)S(=O)(=O)CCNC(=O)NCCC1CCCC(C)C1. The van der Waals surface area contributed by atoms with Crippen LogP contribution in [-0.2, 0) is 10.0 Å². The summed E-state index contributed by atoms with van der Waals surface area (Å²) in [5.41, 5.74) is 0. The van der Waals surface area contributed by atoms with Crippen molar-refractivity contribution >= 4 is 16.1 Å². The highest BCUT2D eigenvalue weighted by Crippen LogP contribution is 2.30. The van der Waals surface area contributed by atoms with Crippen molar-refractivity contribution in [3.8, 4) is 0 Å². The lowest BCUT2D eigenvalue weighted by molar-refractivity contribution is 0.236. The Morgan fingerprint density at radius 3 is 2.39 bits per heavy atom. The Labute approximate surface area is 141 Å². The second-order valence-electron chi connectivity index (χ2n) is 6.51. The molecule has 0 heterocycles. The van der Waals surface area contributed by atoms with Crippen molar-refractivity contribution in [2.75, 3.05) is 31.9 Å². The van der Waals surface area contributed by atoms with E-state index >= 15 is 0 Å². The second-order valence-corrected chi connectivity index (χ2v) is 8.60. The van der Waals surface area contributed by atoms with Crippen LogP contribution < -0.4 is 10.6 Å². The van der Waals surface area contributed by atoms with Crippen LogP contribution in [0.1, 0.15) is 52.9 Å². The molecule has 0 aromatic heterocycles. The molecule has 0 aliphatic heterocycles. The van der Waals surface area contributed by atoms with Crippen molar-refractivity contribution in [3.05, 3.63) is 0 Å². The molecule has 0 aromatic carbocycles. The number of hydrogen-bond donors (Lipinski definition) is 2. The smallest absolute Gasteiger partial charge is 0.314 e. The van der Waals surface area contributed by atoms with Crippen LogP contribution >= 0.6 is 0 Å². The number of nitrogens with one attached hydrogen (secondary N) is 2. The predicted molar refractivity (Wildman–Crippen MR) is 93.8 cm³/mol. The molecule has 0 radical (unpaired) electrons. The van der Waals surface area contributed by atoms with E-state index in [4.69, 9.17) is 0 Å². The largest absolute Gasteiger partial charge is 0.338 e. The van der Waals surface area contributed by atoms with Crippen LogP contribution in [-0.4, -0.2) is 50.7 Å². The molecule has 1 saturated carbocycles. The van der Waals surface area contributed by atoms with E-state index in [-0.39, 0.29) is 18.3 Å². The van der Waals surface area contributed by atoms with E-state index in [1.807, 2.05) is 13.8 Å². The lowest BCUT2D eigenvalue weighted by atomic mass is 9.81. The number of sulfonamides is 1. The van der Waals surface area contributed by atoms with Gasteiger partial charge in [-0.1, -0.05) is 40.0 Å². The maximum atomic E-state index is 12.0. The van der Waals surface area contributed by atoms with Gasteiger partial charge in [0.05, 0.1) is 5.75 Å². The summed E-state index contributed by atoms with van der Waals surface area (Å²) < 4.78 is 25.4. The molecule has 1 aliphatic rings. The van der Waals surface area contributed by atoms with Crippen molar-refractivity contribution in [1.82, 2.24) is 14.9 Å². The Kier molecular flexibility index (Phi) is 8.91. The van der Waals surface area contributed by atoms with E-state index in [9.17, 15) is 13.2 Å². The molecule has 0 saturated heterocycles. The van der Waals surface area contributed by atoms with Crippen LogP contribution in [0.25, 0.3) is 0 Å². The lowest BCUT2D eigenvalue weighted by Crippen LogP contribution is -2.41. The molecule has 23 heavy (non-hydrogen) atoms. The molecule has 1 aliphatic carbocycles. The van der Waals surface area contributed by atoms with Crippen molar-refractivity contribution in [3.63, 3.8) is 0 Å². The molecule has 2 atom stereocenters. The summed E-state index contributed by atoms with van der Waals surface area (Å²) in [6.45, 7) is 7.65. The van der Waals surface area contributed by atoms with Gasteiger partial charge >= 0.3 is 6.03 Å². The summed E-state index contributed by atoms with van der Waals surface area (Å²) in [6.07, 6.45) is 6.14. The van der Waals surface area contributed by atoms with Gasteiger partial charge in [0.25, 0.3) is 0 Å². The van der Waals surface area contributed by atoms with Gasteiger partial charge in [-0.3, -0.25) is 0 Å². The standard InChI is InChI=1S/C16H33N3O3S/c1-4-19(5-2)23(21,22)12-11-18-16(20)17-10-9-15-8-6-7-14(3)13-15/h14-15H,4-13H2,1-3H3,(H2,17,18,20). The van der Waals surface area contributed by atoms with Gasteiger partial charge in [0, 0.05) is 26.2 Å². The van der Waals surface area contributed by atoms with Gasteiger partial charge in [-0.25, -0.2) is 17.5 Å². The fourth-order valence-electron chi connectivity index (χ4n) is 3.31. The van der Waals surface area contributed by atoms with Gasteiger partial charge in [0.2, 0.25) is 10.0 Å². The summed E-state index contributed by atoms with van der Waals surface area (Å²) >= 11 is 0. The van der Waals surface area contributed by atoms with Gasteiger partial charge in [0.15, 0.2) is 0 Å². The molecule has 0 spiro atoms. The molecule has 136 valence electrons. The lowest BCUT2D eigenvalue weighted by Gasteiger charge is -2.26. The Balaban J connectivity index is 2.17. The zero-order valence-corrected chi connectivity index (χ0v) is 15.6. The number of hydrogen-bond acceptors (Lipinski definition) is 3. The fraction of sp³-hybridized carbons (Fsp3) is 0.938. The first-order valence-electron chi connectivity index (χ1n) is 8.88. The van der Waals surface area contributed by atoms with Crippen LogP contribution in [0.5, 0.6) is 0 Å². The quantitative estimate of drug-likeness (QED) is 0.671. The topological polar surface area (TPSA) is 78.5 Å². The number of urea groups is 1. The Bertz CT molecular complexity index is 449. The highest BCUT2D eigenvalue weighted by atomic mass is 32.2. The first-order valence-corrected chi connectivity index (χ1v) is 10.5. The molecular formula is C16H33N3O3S. The van der Waals surface area contributed by atoms with E-state index in [2.05, 4.69) is 17.6 Å². The minimum atomic E-state index is -3.27. The van der Waals surface area contributed by atoms with Crippen LogP contribution in [0.3, 0.4) is 0 Å². The van der Waals surface area contributed by atoms with E-state index in [1.165, 1.54) is 30.0 Å². The zero-order valence-electron chi connectivity index (χ0n) is 14.8. The van der Waals surface area contributed by atoms with Crippen molar-refractivity contribution in [2.24, 2.45) is 11.8 Å². The third-order valence-corrected chi connectivity index (χ3v) is 6.65. The summed E-state index contributed by atoms with van der Waals surface area (Å²) in [4.78, 5) is 11.7. The first kappa shape index (κ1) is 20.2. The molecule has 2 amide bonds. The van der Waals surface area contributed by atoms with E-state index in [0.29, 0.717) is 25.6 Å². The Morgan fingerprint density at radius 1 is 1.13 bits per heavy atom. The van der Waals surface area contributed by atoms with Gasteiger partial charge in [-0.2, -0.15) is 0 Å². The minimum Gasteiger partial charge on any atom is -0.338 e. The van der Waals surface area contributed by atoms with Gasteiger partial charge in [0.1, 0.15) is 0 Å². The van der Waals surface area contributed by atoms with Crippen molar-refractivity contribution < 1.29 is 13.2 Å². The summed E-state index contributed by atoms with van der Waals surface area (Å²) in [5.74, 6) is 1.46. The molecule has 0 bridgehead atoms. The average molecular weight is 348 g/mol. The molecule has 7 heteroatoms. The number of nitrogens with zero attached hydrogens (tertiary/aromatic N) is 1. The fourth-order valence-corrected chi connectivity index (χ4v) is 4.72. The minimum absolute atomic E-state index is 0.0533. The van der Waals surface area contributed by atoms with Crippen LogP contribution in [0.2, 0.25) is 0 Å². The van der Waals surface area contributed by atoms with Crippen LogP contribution in [0.15, 0.2) is 0 Å². The second kappa shape index (κ2) is 10.1. The maximum absolute atomic E-state index is 12.0. The molecule has 1 fully saturated rings. The monoisotopic (exact) mass is 347 g/mol. The maximum Gasteiger partial charge on any atom is 0.314 e. The third kappa shape index (κ3) is 7.52. The number of rotatable bonds is 9. The van der Waals surface area contributed by atoms with Crippen LogP contribution in [0.4, 0.5) is 4.79 Å². The van der Waals surface area contributed by atoms with E-state index in [0.717, 1.165) is 12.3 Å². The van der Waals surface area contributed by atoms with E-state index in [1.54, 1.807) is 0 Å². The number of carbonyl (C=O) groups is 1. The summed E-state index contributed by atoms with van der Waals surface area (Å²) in [6, 6.07) is -0.274. The van der Waals surface area contributed by atoms with Gasteiger partial charge in [-0.15, -0.1) is 0 Å². The molecule has 1 rings (SSSR count). The Morgan fingerprint density at radius 2 is 1.78 bits per heavy atom. The summed E-state index contributed by atoms with van der Waals surface area (Å²) in [5, 5.41) is 5.46. The predicted octanol–water partition coefficient (Wildman–Crippen LogP) is 2.17. The molecule has 2 N–H and O–H groups in total. The first-order chi connectivity index (χ1) is 10.9. The van der Waals surface area contributed by atoms with Gasteiger partial charge in [-0.05, 0) is 24.7 Å². The normalized spacial score (nSPS) is 22.1.